The lowest BCUT2D eigenvalue weighted by Gasteiger charge is -2.18. The number of fused-ring (bicyclic) bond motifs is 9. The highest BCUT2D eigenvalue weighted by Gasteiger charge is 2.24. The van der Waals surface area contributed by atoms with Crippen molar-refractivity contribution in [1.29, 1.82) is 0 Å². The van der Waals surface area contributed by atoms with Crippen molar-refractivity contribution in [2.75, 3.05) is 0 Å². The van der Waals surface area contributed by atoms with Crippen LogP contribution in [0.25, 0.3) is 87.7 Å². The summed E-state index contributed by atoms with van der Waals surface area (Å²) in [4.78, 5) is 0. The Morgan fingerprint density at radius 3 is 1.45 bits per heavy atom. The van der Waals surface area contributed by atoms with Gasteiger partial charge in [-0.2, -0.15) is 0 Å². The van der Waals surface area contributed by atoms with Gasteiger partial charge >= 0.3 is 0 Å². The van der Waals surface area contributed by atoms with Crippen LogP contribution in [0.5, 0.6) is 0 Å². The predicted octanol–water partition coefficient (Wildman–Crippen LogP) is 11.1. The van der Waals surface area contributed by atoms with Gasteiger partial charge in [-0.3, -0.25) is 0 Å². The fourth-order valence-corrected chi connectivity index (χ4v) is 6.62. The van der Waals surface area contributed by atoms with Gasteiger partial charge in [0.15, 0.2) is 0 Å². The summed E-state index contributed by atoms with van der Waals surface area (Å²) < 4.78 is 13.1. The molecule has 0 unspecified atom stereocenters. The fraction of sp³-hybridized carbons (Fsp3) is 0. The molecule has 7 aromatic carbocycles. The third-order valence-corrected chi connectivity index (χ3v) is 8.25. The number of furan rings is 2. The molecule has 0 bridgehead atoms. The monoisotopic (exact) mass is 510 g/mol. The van der Waals surface area contributed by atoms with Gasteiger partial charge in [-0.1, -0.05) is 115 Å². The molecule has 2 nitrogen and oxygen atoms in total. The fourth-order valence-electron chi connectivity index (χ4n) is 6.62. The number of benzene rings is 7. The van der Waals surface area contributed by atoms with Crippen molar-refractivity contribution < 1.29 is 8.83 Å². The summed E-state index contributed by atoms with van der Waals surface area (Å²) in [7, 11) is 0. The van der Waals surface area contributed by atoms with Crippen molar-refractivity contribution in [3.05, 3.63) is 133 Å². The molecular weight excluding hydrogens is 488 g/mol. The summed E-state index contributed by atoms with van der Waals surface area (Å²) in [5, 5.41) is 9.21. The summed E-state index contributed by atoms with van der Waals surface area (Å²) in [6.07, 6.45) is 0. The van der Waals surface area contributed by atoms with E-state index in [-0.39, 0.29) is 0 Å². The Morgan fingerprint density at radius 2 is 0.825 bits per heavy atom. The van der Waals surface area contributed by atoms with Crippen LogP contribution in [-0.4, -0.2) is 0 Å². The first-order valence-corrected chi connectivity index (χ1v) is 13.6. The highest BCUT2D eigenvalue weighted by atomic mass is 16.3. The van der Waals surface area contributed by atoms with Crippen LogP contribution >= 0.6 is 0 Å². The molecule has 0 saturated carbocycles. The lowest BCUT2D eigenvalue weighted by atomic mass is 9.84. The van der Waals surface area contributed by atoms with E-state index in [1.54, 1.807) is 0 Å². The molecule has 2 heterocycles. The highest BCUT2D eigenvalue weighted by molar-refractivity contribution is 6.30. The first-order valence-electron chi connectivity index (χ1n) is 13.6. The minimum absolute atomic E-state index is 0.836. The maximum atomic E-state index is 6.65. The van der Waals surface area contributed by atoms with Crippen LogP contribution in [0.2, 0.25) is 0 Å². The Bertz CT molecular complexity index is 2370. The van der Waals surface area contributed by atoms with E-state index in [1.165, 1.54) is 38.2 Å². The summed E-state index contributed by atoms with van der Waals surface area (Å²) in [5.41, 5.74) is 8.25. The van der Waals surface area contributed by atoms with Gasteiger partial charge in [-0.25, -0.2) is 0 Å². The first kappa shape index (κ1) is 21.6. The molecule has 9 rings (SSSR count). The molecule has 0 spiro atoms. The van der Waals surface area contributed by atoms with Gasteiger partial charge < -0.3 is 8.83 Å². The van der Waals surface area contributed by atoms with Crippen molar-refractivity contribution in [3.63, 3.8) is 0 Å². The van der Waals surface area contributed by atoms with Crippen LogP contribution < -0.4 is 0 Å². The van der Waals surface area contributed by atoms with Crippen LogP contribution in [0.4, 0.5) is 0 Å². The number of hydrogen-bond acceptors (Lipinski definition) is 2. The van der Waals surface area contributed by atoms with Gasteiger partial charge in [0.1, 0.15) is 22.3 Å². The second kappa shape index (κ2) is 8.08. The summed E-state index contributed by atoms with van der Waals surface area (Å²) in [6, 6.07) is 47.1. The molecule has 186 valence electrons. The Balaban J connectivity index is 1.54. The third kappa shape index (κ3) is 2.88. The van der Waals surface area contributed by atoms with Gasteiger partial charge in [0.05, 0.1) is 5.39 Å². The van der Waals surface area contributed by atoms with Crippen molar-refractivity contribution in [3.8, 4) is 22.3 Å². The van der Waals surface area contributed by atoms with Crippen molar-refractivity contribution in [2.45, 2.75) is 0 Å². The SMILES string of the molecule is c1ccc(-c2c3ccccc3c(-c3cc4oc5ccccc5c4c4oc5ccccc5c34)c3ccccc23)cc1. The smallest absolute Gasteiger partial charge is 0.147 e. The van der Waals surface area contributed by atoms with Crippen LogP contribution in [0.3, 0.4) is 0 Å². The van der Waals surface area contributed by atoms with Crippen LogP contribution in [0.15, 0.2) is 142 Å². The molecule has 0 fully saturated rings. The lowest BCUT2D eigenvalue weighted by molar-refractivity contribution is 0.663. The normalized spacial score (nSPS) is 12.0. The van der Waals surface area contributed by atoms with E-state index in [9.17, 15) is 0 Å². The molecule has 0 aliphatic rings. The molecule has 2 heteroatoms. The van der Waals surface area contributed by atoms with Crippen LogP contribution in [0.1, 0.15) is 0 Å². The molecule has 2 aromatic heterocycles. The number of hydrogen-bond donors (Lipinski definition) is 0. The van der Waals surface area contributed by atoms with Gasteiger partial charge in [0, 0.05) is 16.2 Å². The molecule has 40 heavy (non-hydrogen) atoms. The van der Waals surface area contributed by atoms with Gasteiger partial charge in [-0.05, 0) is 62.0 Å². The summed E-state index contributed by atoms with van der Waals surface area (Å²) in [5.74, 6) is 0. The maximum absolute atomic E-state index is 6.65. The molecule has 0 aliphatic heterocycles. The maximum Gasteiger partial charge on any atom is 0.147 e. The minimum Gasteiger partial charge on any atom is -0.456 e. The molecule has 0 radical (unpaired) electrons. The molecule has 0 atom stereocenters. The molecular formula is C38H22O2. The Kier molecular flexibility index (Phi) is 4.36. The third-order valence-electron chi connectivity index (χ3n) is 8.25. The minimum atomic E-state index is 0.836. The van der Waals surface area contributed by atoms with E-state index in [4.69, 9.17) is 8.83 Å². The zero-order chi connectivity index (χ0) is 26.2. The van der Waals surface area contributed by atoms with Crippen molar-refractivity contribution in [1.82, 2.24) is 0 Å². The molecule has 0 aliphatic carbocycles. The quantitative estimate of drug-likeness (QED) is 0.216. The number of rotatable bonds is 2. The predicted molar refractivity (Wildman–Crippen MR) is 167 cm³/mol. The topological polar surface area (TPSA) is 26.3 Å². The van der Waals surface area contributed by atoms with Crippen molar-refractivity contribution >= 4 is 65.4 Å². The molecule has 9 aromatic rings. The van der Waals surface area contributed by atoms with E-state index in [0.717, 1.165) is 49.4 Å². The Hall–Kier alpha value is -5.34. The average Bonchev–Trinajstić information content (AvgIpc) is 3.58. The molecule has 0 N–H and O–H groups in total. The second-order valence-corrected chi connectivity index (χ2v) is 10.4. The largest absolute Gasteiger partial charge is 0.456 e. The standard InChI is InChI=1S/C38H22O2/c1-2-12-23(13-3-1)34-24-14-4-6-16-26(24)35(27-17-7-5-15-25(27)34)30-22-33-37(29-19-9-10-20-31(29)39-33)38-36(30)28-18-8-11-21-32(28)40-38/h1-22H. The Labute approximate surface area is 229 Å². The van der Waals surface area contributed by atoms with Crippen LogP contribution in [-0.2, 0) is 0 Å². The van der Waals surface area contributed by atoms with E-state index < -0.39 is 0 Å². The zero-order valence-corrected chi connectivity index (χ0v) is 21.5. The molecule has 0 saturated heterocycles. The van der Waals surface area contributed by atoms with Gasteiger partial charge in [0.2, 0.25) is 0 Å². The summed E-state index contributed by atoms with van der Waals surface area (Å²) >= 11 is 0. The van der Waals surface area contributed by atoms with E-state index in [1.807, 2.05) is 18.2 Å². The van der Waals surface area contributed by atoms with E-state index in [2.05, 4.69) is 115 Å². The average molecular weight is 511 g/mol. The van der Waals surface area contributed by atoms with Crippen LogP contribution in [0, 0.1) is 0 Å². The van der Waals surface area contributed by atoms with E-state index in [0.29, 0.717) is 0 Å². The number of para-hydroxylation sites is 2. The van der Waals surface area contributed by atoms with Crippen molar-refractivity contribution in [2.24, 2.45) is 0 Å². The Morgan fingerprint density at radius 1 is 0.350 bits per heavy atom. The second-order valence-electron chi connectivity index (χ2n) is 10.4. The lowest BCUT2D eigenvalue weighted by Crippen LogP contribution is -1.91. The van der Waals surface area contributed by atoms with Gasteiger partial charge in [0.25, 0.3) is 0 Å². The first-order chi connectivity index (χ1) is 19.9. The summed E-state index contributed by atoms with van der Waals surface area (Å²) in [6.45, 7) is 0. The van der Waals surface area contributed by atoms with Gasteiger partial charge in [-0.15, -0.1) is 0 Å². The van der Waals surface area contributed by atoms with E-state index >= 15 is 0 Å². The highest BCUT2D eigenvalue weighted by Crippen LogP contribution is 2.49. The molecule has 0 amide bonds. The zero-order valence-electron chi connectivity index (χ0n) is 21.5.